The fourth-order valence-corrected chi connectivity index (χ4v) is 3.14. The van der Waals surface area contributed by atoms with Gasteiger partial charge in [-0.15, -0.1) is 0 Å². The van der Waals surface area contributed by atoms with E-state index in [-0.39, 0.29) is 0 Å². The fourth-order valence-electron chi connectivity index (χ4n) is 3.14. The van der Waals surface area contributed by atoms with E-state index in [4.69, 9.17) is 4.74 Å². The van der Waals surface area contributed by atoms with Gasteiger partial charge in [-0.3, -0.25) is 0 Å². The number of nitrogens with one attached hydrogen (secondary N) is 2. The van der Waals surface area contributed by atoms with Crippen LogP contribution in [0.15, 0.2) is 42.2 Å². The smallest absolute Gasteiger partial charge is 0.227 e. The molecule has 0 radical (unpaired) electrons. The Labute approximate surface area is 147 Å². The van der Waals surface area contributed by atoms with E-state index < -0.39 is 0 Å². The van der Waals surface area contributed by atoms with Crippen molar-refractivity contribution in [1.82, 2.24) is 15.3 Å². The highest BCUT2D eigenvalue weighted by atomic mass is 16.5. The minimum atomic E-state index is 0.440. The van der Waals surface area contributed by atoms with E-state index in [1.165, 1.54) is 11.3 Å². The summed E-state index contributed by atoms with van der Waals surface area (Å²) in [5.74, 6) is 0.605. The van der Waals surface area contributed by atoms with Crippen molar-refractivity contribution < 1.29 is 4.74 Å². The third-order valence-electron chi connectivity index (χ3n) is 4.82. The van der Waals surface area contributed by atoms with Crippen LogP contribution in [0.2, 0.25) is 0 Å². The van der Waals surface area contributed by atoms with Gasteiger partial charge in [0.05, 0.1) is 13.2 Å². The molecule has 6 nitrogen and oxygen atoms in total. The van der Waals surface area contributed by atoms with Gasteiger partial charge in [0.2, 0.25) is 5.95 Å². The molecule has 1 aromatic carbocycles. The number of morpholine rings is 1. The van der Waals surface area contributed by atoms with Crippen molar-refractivity contribution in [3.05, 3.63) is 47.8 Å². The minimum absolute atomic E-state index is 0.440. The molecule has 2 aromatic rings. The maximum atomic E-state index is 5.42. The van der Waals surface area contributed by atoms with Crippen molar-refractivity contribution in [2.75, 3.05) is 36.5 Å². The summed E-state index contributed by atoms with van der Waals surface area (Å²) in [4.78, 5) is 11.2. The van der Waals surface area contributed by atoms with E-state index in [0.29, 0.717) is 12.0 Å². The Morgan fingerprint density at radius 1 is 1.20 bits per heavy atom. The van der Waals surface area contributed by atoms with Gasteiger partial charge >= 0.3 is 0 Å². The summed E-state index contributed by atoms with van der Waals surface area (Å²) in [6.45, 7) is 7.70. The van der Waals surface area contributed by atoms with Crippen LogP contribution in [0.3, 0.4) is 0 Å². The van der Waals surface area contributed by atoms with Crippen molar-refractivity contribution in [3.63, 3.8) is 0 Å². The van der Waals surface area contributed by atoms with Crippen LogP contribution in [-0.2, 0) is 4.74 Å². The monoisotopic (exact) mass is 337 g/mol. The van der Waals surface area contributed by atoms with Gasteiger partial charge in [0.1, 0.15) is 0 Å². The largest absolute Gasteiger partial charge is 0.378 e. The molecular weight excluding hydrogens is 314 g/mol. The fraction of sp³-hybridized carbons (Fsp3) is 0.368. The van der Waals surface area contributed by atoms with Crippen LogP contribution in [0.25, 0.3) is 5.70 Å². The normalized spacial score (nSPS) is 20.1. The summed E-state index contributed by atoms with van der Waals surface area (Å²) >= 11 is 0. The summed E-state index contributed by atoms with van der Waals surface area (Å²) in [7, 11) is 0. The lowest BCUT2D eigenvalue weighted by Crippen LogP contribution is -2.37. The van der Waals surface area contributed by atoms with Crippen molar-refractivity contribution >= 4 is 23.0 Å². The SMILES string of the molecule is CC1=C(c2cnc(Nc3cccc(N4CCOCC4)c3)nc2)NC1C. The Hall–Kier alpha value is -2.60. The molecule has 1 atom stereocenters. The molecule has 1 aromatic heterocycles. The summed E-state index contributed by atoms with van der Waals surface area (Å²) in [6, 6.07) is 8.78. The standard InChI is InChI=1S/C19H23N5O/c1-13-14(2)22-18(13)15-11-20-19(21-12-15)23-16-4-3-5-17(10-16)24-6-8-25-9-7-24/h3-5,10-12,14,22H,6-9H2,1-2H3,(H,20,21,23). The average molecular weight is 337 g/mol. The van der Waals surface area contributed by atoms with E-state index in [1.54, 1.807) is 0 Å². The molecule has 130 valence electrons. The van der Waals surface area contributed by atoms with E-state index in [1.807, 2.05) is 18.5 Å². The van der Waals surface area contributed by atoms with Crippen LogP contribution in [0.4, 0.5) is 17.3 Å². The number of anilines is 3. The Kier molecular flexibility index (Phi) is 4.28. The highest BCUT2D eigenvalue weighted by Gasteiger charge is 2.22. The Balaban J connectivity index is 1.47. The molecular formula is C19H23N5O. The first-order valence-corrected chi connectivity index (χ1v) is 8.70. The van der Waals surface area contributed by atoms with E-state index in [2.05, 4.69) is 57.5 Å². The number of rotatable bonds is 4. The van der Waals surface area contributed by atoms with Crippen molar-refractivity contribution in [1.29, 1.82) is 0 Å². The molecule has 1 unspecified atom stereocenters. The van der Waals surface area contributed by atoms with Gasteiger partial charge in [-0.05, 0) is 37.6 Å². The van der Waals surface area contributed by atoms with Crippen LogP contribution in [0, 0.1) is 0 Å². The average Bonchev–Trinajstić information content (AvgIpc) is 2.67. The predicted molar refractivity (Wildman–Crippen MR) is 100.0 cm³/mol. The molecule has 0 saturated carbocycles. The molecule has 2 N–H and O–H groups in total. The molecule has 0 aliphatic carbocycles. The Morgan fingerprint density at radius 2 is 1.96 bits per heavy atom. The third kappa shape index (κ3) is 3.30. The summed E-state index contributed by atoms with van der Waals surface area (Å²) < 4.78 is 5.42. The molecule has 0 amide bonds. The van der Waals surface area contributed by atoms with Crippen LogP contribution >= 0.6 is 0 Å². The van der Waals surface area contributed by atoms with Crippen LogP contribution in [0.1, 0.15) is 19.4 Å². The Morgan fingerprint density at radius 3 is 2.64 bits per heavy atom. The number of hydrogen-bond donors (Lipinski definition) is 2. The number of ether oxygens (including phenoxy) is 1. The maximum absolute atomic E-state index is 5.42. The zero-order valence-electron chi connectivity index (χ0n) is 14.6. The topological polar surface area (TPSA) is 62.3 Å². The summed E-state index contributed by atoms with van der Waals surface area (Å²) in [5.41, 5.74) is 5.71. The second-order valence-corrected chi connectivity index (χ2v) is 6.49. The van der Waals surface area contributed by atoms with Crippen molar-refractivity contribution in [3.8, 4) is 0 Å². The second kappa shape index (κ2) is 6.72. The van der Waals surface area contributed by atoms with Crippen molar-refractivity contribution in [2.24, 2.45) is 0 Å². The highest BCUT2D eigenvalue weighted by Crippen LogP contribution is 2.27. The third-order valence-corrected chi connectivity index (χ3v) is 4.82. The summed E-state index contributed by atoms with van der Waals surface area (Å²) in [6.07, 6.45) is 3.72. The van der Waals surface area contributed by atoms with Crippen molar-refractivity contribution in [2.45, 2.75) is 19.9 Å². The van der Waals surface area contributed by atoms with E-state index in [0.717, 1.165) is 43.3 Å². The van der Waals surface area contributed by atoms with Gasteiger partial charge in [0.25, 0.3) is 0 Å². The van der Waals surface area contributed by atoms with Gasteiger partial charge in [-0.2, -0.15) is 0 Å². The lowest BCUT2D eigenvalue weighted by molar-refractivity contribution is 0.122. The number of benzene rings is 1. The van der Waals surface area contributed by atoms with E-state index in [9.17, 15) is 0 Å². The molecule has 0 bridgehead atoms. The molecule has 1 saturated heterocycles. The first kappa shape index (κ1) is 15.9. The molecule has 2 aliphatic rings. The van der Waals surface area contributed by atoms with E-state index >= 15 is 0 Å². The lowest BCUT2D eigenvalue weighted by atomic mass is 9.96. The summed E-state index contributed by atoms with van der Waals surface area (Å²) in [5, 5.41) is 6.67. The second-order valence-electron chi connectivity index (χ2n) is 6.49. The molecule has 2 aliphatic heterocycles. The van der Waals surface area contributed by atoms with Crippen LogP contribution in [-0.4, -0.2) is 42.3 Å². The molecule has 6 heteroatoms. The maximum Gasteiger partial charge on any atom is 0.227 e. The molecule has 3 heterocycles. The molecule has 0 spiro atoms. The molecule has 4 rings (SSSR count). The minimum Gasteiger partial charge on any atom is -0.378 e. The van der Waals surface area contributed by atoms with Gasteiger partial charge in [0, 0.05) is 54.2 Å². The van der Waals surface area contributed by atoms with Gasteiger partial charge in [0.15, 0.2) is 0 Å². The highest BCUT2D eigenvalue weighted by molar-refractivity contribution is 5.73. The molecule has 25 heavy (non-hydrogen) atoms. The van der Waals surface area contributed by atoms with Gasteiger partial charge in [-0.1, -0.05) is 6.07 Å². The number of nitrogens with zero attached hydrogens (tertiary/aromatic N) is 3. The van der Waals surface area contributed by atoms with Crippen LogP contribution < -0.4 is 15.5 Å². The number of hydrogen-bond acceptors (Lipinski definition) is 6. The number of aromatic nitrogens is 2. The zero-order chi connectivity index (χ0) is 17.2. The molecule has 1 fully saturated rings. The van der Waals surface area contributed by atoms with Gasteiger partial charge in [-0.25, -0.2) is 9.97 Å². The van der Waals surface area contributed by atoms with Gasteiger partial charge < -0.3 is 20.3 Å². The zero-order valence-corrected chi connectivity index (χ0v) is 14.6. The van der Waals surface area contributed by atoms with Crippen LogP contribution in [0.5, 0.6) is 0 Å². The lowest BCUT2D eigenvalue weighted by Gasteiger charge is -2.31. The first-order chi connectivity index (χ1) is 12.2. The Bertz CT molecular complexity index is 781. The quantitative estimate of drug-likeness (QED) is 0.894. The predicted octanol–water partition coefficient (Wildman–Crippen LogP) is 2.78. The first-order valence-electron chi connectivity index (χ1n) is 8.70.